The molecule has 242 valence electrons. The number of carbonyl (C=O) groups is 2. The molecular weight excluding hydrogens is 508 g/mol. The fourth-order valence-electron chi connectivity index (χ4n) is 5.52. The summed E-state index contributed by atoms with van der Waals surface area (Å²) in [6.45, 7) is 4.48. The molecule has 0 aliphatic heterocycles. The van der Waals surface area contributed by atoms with Crippen LogP contribution in [0.15, 0.2) is 12.2 Å². The summed E-state index contributed by atoms with van der Waals surface area (Å²) in [6, 6.07) is 0. The van der Waals surface area contributed by atoms with E-state index in [4.69, 9.17) is 9.84 Å². The Morgan fingerprint density at radius 3 is 1.39 bits per heavy atom. The lowest BCUT2D eigenvalue weighted by molar-refractivity contribution is -0.150. The van der Waals surface area contributed by atoms with Crippen molar-refractivity contribution in [3.05, 3.63) is 12.2 Å². The first-order valence-electron chi connectivity index (χ1n) is 18.2. The number of hydrogen-bond donors (Lipinski definition) is 1. The molecular formula is C37H70O4. The molecule has 41 heavy (non-hydrogen) atoms. The van der Waals surface area contributed by atoms with E-state index in [-0.39, 0.29) is 12.1 Å². The maximum atomic E-state index is 12.4. The largest absolute Gasteiger partial charge is 0.481 e. The van der Waals surface area contributed by atoms with E-state index in [9.17, 15) is 9.59 Å². The van der Waals surface area contributed by atoms with Crippen molar-refractivity contribution in [2.75, 3.05) is 0 Å². The first-order valence-corrected chi connectivity index (χ1v) is 18.2. The number of allylic oxidation sites excluding steroid dienone is 2. The monoisotopic (exact) mass is 579 g/mol. The Balaban J connectivity index is 3.65. The zero-order chi connectivity index (χ0) is 30.1. The maximum absolute atomic E-state index is 12.4. The molecule has 0 fully saturated rings. The Hall–Kier alpha value is -1.32. The van der Waals surface area contributed by atoms with Gasteiger partial charge in [-0.05, 0) is 57.8 Å². The molecule has 0 saturated heterocycles. The smallest absolute Gasteiger partial charge is 0.306 e. The molecule has 0 saturated carbocycles. The van der Waals surface area contributed by atoms with E-state index in [1.54, 1.807) is 0 Å². The van der Waals surface area contributed by atoms with Gasteiger partial charge in [0.15, 0.2) is 0 Å². The zero-order valence-corrected chi connectivity index (χ0v) is 27.6. The van der Waals surface area contributed by atoms with Gasteiger partial charge in [0.2, 0.25) is 0 Å². The summed E-state index contributed by atoms with van der Waals surface area (Å²) >= 11 is 0. The highest BCUT2D eigenvalue weighted by atomic mass is 16.5. The number of unbranched alkanes of at least 4 members (excludes halogenated alkanes) is 22. The van der Waals surface area contributed by atoms with Crippen molar-refractivity contribution in [1.82, 2.24) is 0 Å². The van der Waals surface area contributed by atoms with Gasteiger partial charge in [-0.25, -0.2) is 0 Å². The Morgan fingerprint density at radius 2 is 0.902 bits per heavy atom. The average molecular weight is 579 g/mol. The summed E-state index contributed by atoms with van der Waals surface area (Å²) in [5.74, 6) is -0.645. The van der Waals surface area contributed by atoms with Gasteiger partial charge >= 0.3 is 11.9 Å². The predicted molar refractivity (Wildman–Crippen MR) is 177 cm³/mol. The van der Waals surface area contributed by atoms with E-state index in [0.29, 0.717) is 12.8 Å². The highest BCUT2D eigenvalue weighted by Gasteiger charge is 2.13. The molecule has 0 aliphatic rings. The molecule has 0 amide bonds. The van der Waals surface area contributed by atoms with Crippen molar-refractivity contribution < 1.29 is 19.4 Å². The van der Waals surface area contributed by atoms with E-state index < -0.39 is 5.97 Å². The molecule has 0 aromatic heterocycles. The highest BCUT2D eigenvalue weighted by molar-refractivity contribution is 5.69. The Labute approximate surface area is 255 Å². The van der Waals surface area contributed by atoms with E-state index in [1.807, 2.05) is 0 Å². The van der Waals surface area contributed by atoms with Crippen LogP contribution in [0.2, 0.25) is 0 Å². The second-order valence-corrected chi connectivity index (χ2v) is 12.4. The number of rotatable bonds is 33. The topological polar surface area (TPSA) is 63.6 Å². The third kappa shape index (κ3) is 33.1. The maximum Gasteiger partial charge on any atom is 0.306 e. The molecule has 4 heteroatoms. The lowest BCUT2D eigenvalue weighted by atomic mass is 10.0. The van der Waals surface area contributed by atoms with Crippen molar-refractivity contribution in [2.45, 2.75) is 213 Å². The number of aliphatic carboxylic acids is 1. The minimum atomic E-state index is -0.670. The zero-order valence-electron chi connectivity index (χ0n) is 27.6. The van der Waals surface area contributed by atoms with Crippen molar-refractivity contribution in [1.29, 1.82) is 0 Å². The fraction of sp³-hybridized carbons (Fsp3) is 0.892. The van der Waals surface area contributed by atoms with Crippen LogP contribution in [0.1, 0.15) is 206 Å². The van der Waals surface area contributed by atoms with E-state index >= 15 is 0 Å². The van der Waals surface area contributed by atoms with Gasteiger partial charge in [-0.2, -0.15) is 0 Å². The molecule has 0 aromatic rings. The number of carboxylic acids is 1. The average Bonchev–Trinajstić information content (AvgIpc) is 2.95. The highest BCUT2D eigenvalue weighted by Crippen LogP contribution is 2.18. The summed E-state index contributed by atoms with van der Waals surface area (Å²) in [6.07, 6.45) is 39.8. The second-order valence-electron chi connectivity index (χ2n) is 12.4. The van der Waals surface area contributed by atoms with Gasteiger partial charge in [0.05, 0.1) is 0 Å². The van der Waals surface area contributed by atoms with Gasteiger partial charge in [0.25, 0.3) is 0 Å². The molecule has 1 unspecified atom stereocenters. The third-order valence-electron chi connectivity index (χ3n) is 8.24. The number of carboxylic acid groups (broad SMARTS) is 1. The van der Waals surface area contributed by atoms with Crippen LogP contribution in [0.25, 0.3) is 0 Å². The van der Waals surface area contributed by atoms with Crippen LogP contribution in [-0.2, 0) is 14.3 Å². The van der Waals surface area contributed by atoms with Crippen molar-refractivity contribution in [3.63, 3.8) is 0 Å². The molecule has 0 bridgehead atoms. The SMILES string of the molecule is CCCCCC/C=C\CCCCCCCCC(=O)OC(CCCC)CCCCCCCCCCCCCCC(=O)O. The molecule has 1 atom stereocenters. The molecule has 0 heterocycles. The summed E-state index contributed by atoms with van der Waals surface area (Å²) in [5, 5.41) is 8.66. The molecule has 0 spiro atoms. The molecule has 0 rings (SSSR count). The third-order valence-corrected chi connectivity index (χ3v) is 8.24. The Morgan fingerprint density at radius 1 is 0.512 bits per heavy atom. The van der Waals surface area contributed by atoms with Gasteiger partial charge in [0, 0.05) is 12.8 Å². The minimum absolute atomic E-state index is 0.0251. The Bertz CT molecular complexity index is 585. The van der Waals surface area contributed by atoms with Gasteiger partial charge in [-0.1, -0.05) is 148 Å². The van der Waals surface area contributed by atoms with Gasteiger partial charge in [-0.15, -0.1) is 0 Å². The number of hydrogen-bond acceptors (Lipinski definition) is 3. The number of esters is 1. The van der Waals surface area contributed by atoms with Crippen molar-refractivity contribution in [3.8, 4) is 0 Å². The second kappa shape index (κ2) is 33.2. The van der Waals surface area contributed by atoms with Crippen LogP contribution in [0.5, 0.6) is 0 Å². The first kappa shape index (κ1) is 39.7. The number of carbonyl (C=O) groups excluding carboxylic acids is 1. The first-order chi connectivity index (χ1) is 20.1. The normalized spacial score (nSPS) is 12.2. The predicted octanol–water partition coefficient (Wildman–Crippen LogP) is 12.3. The molecule has 4 nitrogen and oxygen atoms in total. The van der Waals surface area contributed by atoms with Crippen molar-refractivity contribution >= 4 is 11.9 Å². The molecule has 0 radical (unpaired) electrons. The van der Waals surface area contributed by atoms with Crippen molar-refractivity contribution in [2.24, 2.45) is 0 Å². The molecule has 0 aliphatic carbocycles. The van der Waals surface area contributed by atoms with Gasteiger partial charge in [0.1, 0.15) is 6.10 Å². The lowest BCUT2D eigenvalue weighted by Crippen LogP contribution is -2.18. The van der Waals surface area contributed by atoms with Crippen LogP contribution in [0.4, 0.5) is 0 Å². The summed E-state index contributed by atoms with van der Waals surface area (Å²) in [4.78, 5) is 23.0. The Kier molecular flexibility index (Phi) is 32.1. The summed E-state index contributed by atoms with van der Waals surface area (Å²) in [7, 11) is 0. The van der Waals surface area contributed by atoms with Crippen LogP contribution in [-0.4, -0.2) is 23.1 Å². The summed E-state index contributed by atoms with van der Waals surface area (Å²) < 4.78 is 5.91. The van der Waals surface area contributed by atoms with E-state index in [2.05, 4.69) is 26.0 Å². The summed E-state index contributed by atoms with van der Waals surface area (Å²) in [5.41, 5.74) is 0. The fourth-order valence-corrected chi connectivity index (χ4v) is 5.52. The van der Waals surface area contributed by atoms with Crippen LogP contribution in [0.3, 0.4) is 0 Å². The van der Waals surface area contributed by atoms with Crippen LogP contribution >= 0.6 is 0 Å². The quantitative estimate of drug-likeness (QED) is 0.0478. The standard InChI is InChI=1S/C37H70O4/c1-3-5-7-8-9-10-11-12-13-18-21-24-27-30-34-37(40)41-35(31-6-4-2)32-28-25-22-19-16-14-15-17-20-23-26-29-33-36(38)39/h10-11,35H,3-9,12-34H2,1-2H3,(H,38,39)/b11-10-. The van der Waals surface area contributed by atoms with Gasteiger partial charge < -0.3 is 9.84 Å². The van der Waals surface area contributed by atoms with Crippen LogP contribution in [0, 0.1) is 0 Å². The van der Waals surface area contributed by atoms with Crippen LogP contribution < -0.4 is 0 Å². The molecule has 1 N–H and O–H groups in total. The minimum Gasteiger partial charge on any atom is -0.481 e. The molecule has 0 aromatic carbocycles. The lowest BCUT2D eigenvalue weighted by Gasteiger charge is -2.18. The van der Waals surface area contributed by atoms with E-state index in [0.717, 1.165) is 51.4 Å². The van der Waals surface area contributed by atoms with Gasteiger partial charge in [-0.3, -0.25) is 9.59 Å². The number of ether oxygens (including phenoxy) is 1. The van der Waals surface area contributed by atoms with E-state index in [1.165, 1.54) is 128 Å².